The van der Waals surface area contributed by atoms with Crippen molar-refractivity contribution in [3.05, 3.63) is 130 Å². The van der Waals surface area contributed by atoms with Crippen LogP contribution in [0.3, 0.4) is 0 Å². The van der Waals surface area contributed by atoms with Crippen LogP contribution in [0.25, 0.3) is 22.2 Å². The highest BCUT2D eigenvalue weighted by Crippen LogP contribution is 2.31. The van der Waals surface area contributed by atoms with Crippen molar-refractivity contribution in [2.75, 3.05) is 4.90 Å². The van der Waals surface area contributed by atoms with E-state index in [9.17, 15) is 19.2 Å². The van der Waals surface area contributed by atoms with Crippen LogP contribution < -0.4 is 4.90 Å². The Morgan fingerprint density at radius 2 is 1.48 bits per heavy atom. The number of aromatic nitrogens is 1. The minimum Gasteiger partial charge on any atom is -0.451 e. The third-order valence-electron chi connectivity index (χ3n) is 7.18. The molecule has 5 aromatic rings. The second-order valence-electron chi connectivity index (χ2n) is 10.0. The third-order valence-corrected chi connectivity index (χ3v) is 7.43. The van der Waals surface area contributed by atoms with Crippen molar-refractivity contribution in [3.63, 3.8) is 0 Å². The van der Waals surface area contributed by atoms with Gasteiger partial charge in [0.1, 0.15) is 0 Å². The van der Waals surface area contributed by atoms with Crippen molar-refractivity contribution in [2.24, 2.45) is 0 Å². The van der Waals surface area contributed by atoms with Crippen LogP contribution in [0.15, 0.2) is 97.1 Å². The number of Topliss-reactive ketones (excluding diaryl/α,β-unsaturated/α-hetero) is 1. The molecule has 0 aliphatic carbocycles. The zero-order valence-corrected chi connectivity index (χ0v) is 23.4. The molecule has 8 heteroatoms. The van der Waals surface area contributed by atoms with Gasteiger partial charge in [-0.2, -0.15) is 0 Å². The van der Waals surface area contributed by atoms with Gasteiger partial charge in [-0.1, -0.05) is 47.5 Å². The molecule has 0 saturated carbocycles. The summed E-state index contributed by atoms with van der Waals surface area (Å²) in [5, 5.41) is 1.09. The fourth-order valence-electron chi connectivity index (χ4n) is 4.99. The zero-order valence-electron chi connectivity index (χ0n) is 22.6. The van der Waals surface area contributed by atoms with Crippen LogP contribution in [-0.2, 0) is 4.74 Å². The molecule has 1 aliphatic rings. The van der Waals surface area contributed by atoms with Gasteiger partial charge in [0.25, 0.3) is 11.8 Å². The van der Waals surface area contributed by atoms with Gasteiger partial charge in [-0.05, 0) is 80.6 Å². The number of pyridine rings is 1. The highest BCUT2D eigenvalue weighted by molar-refractivity contribution is 6.34. The van der Waals surface area contributed by atoms with Gasteiger partial charge in [0, 0.05) is 21.5 Å². The number of esters is 1. The molecule has 7 nitrogen and oxygen atoms in total. The molecule has 1 unspecified atom stereocenters. The maximum Gasteiger partial charge on any atom is 0.339 e. The summed E-state index contributed by atoms with van der Waals surface area (Å²) >= 11 is 5.93. The Hall–Kier alpha value is -5.14. The summed E-state index contributed by atoms with van der Waals surface area (Å²) < 4.78 is 5.63. The van der Waals surface area contributed by atoms with E-state index in [0.717, 1.165) is 10.5 Å². The lowest BCUT2D eigenvalue weighted by atomic mass is 10.0. The van der Waals surface area contributed by atoms with E-state index in [1.54, 1.807) is 78.9 Å². The van der Waals surface area contributed by atoms with Crippen LogP contribution in [0.4, 0.5) is 5.69 Å². The predicted molar refractivity (Wildman–Crippen MR) is 160 cm³/mol. The van der Waals surface area contributed by atoms with E-state index in [1.807, 2.05) is 25.1 Å². The van der Waals surface area contributed by atoms with E-state index >= 15 is 0 Å². The van der Waals surface area contributed by atoms with Crippen molar-refractivity contribution in [3.8, 4) is 11.3 Å². The number of carbonyl (C=O) groups excluding carboxylic acids is 4. The van der Waals surface area contributed by atoms with Gasteiger partial charge in [-0.25, -0.2) is 14.7 Å². The number of aryl methyl sites for hydroxylation is 1. The summed E-state index contributed by atoms with van der Waals surface area (Å²) in [6.45, 7) is 3.44. The maximum atomic E-state index is 13.5. The second-order valence-corrected chi connectivity index (χ2v) is 10.5. The highest BCUT2D eigenvalue weighted by atomic mass is 35.5. The molecular formula is C34H23ClN2O5. The molecule has 0 N–H and O–H groups in total. The molecule has 0 spiro atoms. The monoisotopic (exact) mass is 574 g/mol. The topological polar surface area (TPSA) is 93.6 Å². The first-order chi connectivity index (χ1) is 20.2. The van der Waals surface area contributed by atoms with Crippen molar-refractivity contribution in [1.29, 1.82) is 0 Å². The molecule has 1 aliphatic heterocycles. The first-order valence-electron chi connectivity index (χ1n) is 13.2. The van der Waals surface area contributed by atoms with Gasteiger partial charge in [-0.15, -0.1) is 0 Å². The van der Waals surface area contributed by atoms with E-state index in [2.05, 4.69) is 0 Å². The number of ether oxygens (including phenoxy) is 1. The van der Waals surface area contributed by atoms with E-state index in [4.69, 9.17) is 21.3 Å². The van der Waals surface area contributed by atoms with Gasteiger partial charge in [-0.3, -0.25) is 14.4 Å². The van der Waals surface area contributed by atoms with E-state index in [0.29, 0.717) is 49.6 Å². The molecule has 1 atom stereocenters. The molecule has 206 valence electrons. The Labute approximate surface area is 246 Å². The van der Waals surface area contributed by atoms with Crippen LogP contribution in [0.2, 0.25) is 5.02 Å². The standard InChI is InChI=1S/C34H23ClN2O5/c1-19-7-16-29-27(17-19)28(34(41)42-20(2)31(38)22-8-12-23(35)13-9-22)18-30(36-29)21-10-14-24(15-11-21)37-32(39)25-5-3-4-6-26(25)33(37)40/h3-18,20H,1-2H3. The average molecular weight is 575 g/mol. The number of fused-ring (bicyclic) bond motifs is 2. The van der Waals surface area contributed by atoms with Crippen molar-refractivity contribution in [2.45, 2.75) is 20.0 Å². The third kappa shape index (κ3) is 4.84. The minimum atomic E-state index is -1.03. The van der Waals surface area contributed by atoms with Crippen molar-refractivity contribution in [1.82, 2.24) is 4.98 Å². The molecule has 0 saturated heterocycles. The summed E-state index contributed by atoms with van der Waals surface area (Å²) in [5.74, 6) is -1.77. The predicted octanol–water partition coefficient (Wildman–Crippen LogP) is 7.09. The van der Waals surface area contributed by atoms with Crippen molar-refractivity contribution < 1.29 is 23.9 Å². The number of hydrogen-bond donors (Lipinski definition) is 0. The molecule has 0 fully saturated rings. The fourth-order valence-corrected chi connectivity index (χ4v) is 5.11. The summed E-state index contributed by atoms with van der Waals surface area (Å²) in [4.78, 5) is 58.1. The number of benzene rings is 4. The number of nitrogens with zero attached hydrogens (tertiary/aromatic N) is 2. The lowest BCUT2D eigenvalue weighted by Crippen LogP contribution is -2.29. The summed E-state index contributed by atoms with van der Waals surface area (Å²) in [6.07, 6.45) is -1.03. The molecule has 6 rings (SSSR count). The number of hydrogen-bond acceptors (Lipinski definition) is 6. The molecule has 1 aromatic heterocycles. The first-order valence-corrected chi connectivity index (χ1v) is 13.6. The van der Waals surface area contributed by atoms with Gasteiger partial charge in [0.15, 0.2) is 6.10 Å². The zero-order chi connectivity index (χ0) is 29.5. The Bertz CT molecular complexity index is 1880. The first kappa shape index (κ1) is 27.1. The van der Waals surface area contributed by atoms with Gasteiger partial charge in [0.2, 0.25) is 5.78 Å². The molecule has 4 aromatic carbocycles. The number of carbonyl (C=O) groups is 4. The molecule has 42 heavy (non-hydrogen) atoms. The Kier molecular flexibility index (Phi) is 6.88. The van der Waals surface area contributed by atoms with Gasteiger partial charge in [0.05, 0.1) is 33.6 Å². The number of rotatable bonds is 6. The van der Waals surface area contributed by atoms with E-state index in [-0.39, 0.29) is 23.2 Å². The molecule has 0 radical (unpaired) electrons. The summed E-state index contributed by atoms with van der Waals surface area (Å²) in [5.41, 5.74) is 4.47. The molecule has 0 bridgehead atoms. The van der Waals surface area contributed by atoms with E-state index < -0.39 is 12.1 Å². The number of amides is 2. The quantitative estimate of drug-likeness (QED) is 0.122. The lowest BCUT2D eigenvalue weighted by molar-refractivity contribution is 0.0320. The number of halogens is 1. The smallest absolute Gasteiger partial charge is 0.339 e. The number of ketones is 1. The lowest BCUT2D eigenvalue weighted by Gasteiger charge is -2.16. The Morgan fingerprint density at radius 3 is 2.12 bits per heavy atom. The largest absolute Gasteiger partial charge is 0.451 e. The number of imide groups is 1. The Morgan fingerprint density at radius 1 is 0.833 bits per heavy atom. The van der Waals surface area contributed by atoms with Gasteiger partial charge >= 0.3 is 5.97 Å². The normalized spacial score (nSPS) is 13.3. The second kappa shape index (κ2) is 10.7. The summed E-state index contributed by atoms with van der Waals surface area (Å²) in [6, 6.07) is 27.1. The average Bonchev–Trinajstić information content (AvgIpc) is 3.26. The van der Waals surface area contributed by atoms with Crippen molar-refractivity contribution >= 4 is 51.8 Å². The maximum absolute atomic E-state index is 13.5. The van der Waals surface area contributed by atoms with Crippen LogP contribution in [-0.4, -0.2) is 34.7 Å². The van der Waals surface area contributed by atoms with Gasteiger partial charge < -0.3 is 4.74 Å². The SMILES string of the molecule is Cc1ccc2nc(-c3ccc(N4C(=O)c5ccccc5C4=O)cc3)cc(C(=O)OC(C)C(=O)c3ccc(Cl)cc3)c2c1. The molecular weight excluding hydrogens is 552 g/mol. The number of anilines is 1. The van der Waals surface area contributed by atoms with Crippen LogP contribution in [0.1, 0.15) is 53.9 Å². The molecule has 2 amide bonds. The van der Waals surface area contributed by atoms with E-state index in [1.165, 1.54) is 6.92 Å². The van der Waals surface area contributed by atoms with Crippen LogP contribution in [0.5, 0.6) is 0 Å². The van der Waals surface area contributed by atoms with Crippen LogP contribution >= 0.6 is 11.6 Å². The van der Waals surface area contributed by atoms with Crippen LogP contribution in [0, 0.1) is 6.92 Å². The summed E-state index contributed by atoms with van der Waals surface area (Å²) in [7, 11) is 0. The highest BCUT2D eigenvalue weighted by Gasteiger charge is 2.36. The Balaban J connectivity index is 1.31. The minimum absolute atomic E-state index is 0.263. The fraction of sp³-hybridized carbons (Fsp3) is 0.0882. The molecule has 2 heterocycles.